The number of nitrogens with one attached hydrogen (secondary N) is 1. The molecule has 1 atom stereocenters. The number of carbonyl (C=O) groups excluding carboxylic acids is 1. The van der Waals surface area contributed by atoms with Crippen LogP contribution in [0.15, 0.2) is 54.6 Å². The van der Waals surface area contributed by atoms with E-state index in [1.807, 2.05) is 30.3 Å². The van der Waals surface area contributed by atoms with Crippen molar-refractivity contribution in [3.8, 4) is 0 Å². The van der Waals surface area contributed by atoms with Crippen molar-refractivity contribution >= 4 is 12.1 Å². The molecule has 2 N–H and O–H groups in total. The fourth-order valence-electron chi connectivity index (χ4n) is 4.93. The summed E-state index contributed by atoms with van der Waals surface area (Å²) in [6, 6.07) is 17.1. The predicted molar refractivity (Wildman–Crippen MR) is 105 cm³/mol. The van der Waals surface area contributed by atoms with Gasteiger partial charge in [-0.1, -0.05) is 61.5 Å². The van der Waals surface area contributed by atoms with Crippen molar-refractivity contribution in [2.24, 2.45) is 5.41 Å². The molecule has 3 saturated carbocycles. The number of alkyl carbamates (subject to hydrolysis) is 1. The fraction of sp³-hybridized carbons (Fsp3) is 0.391. The van der Waals surface area contributed by atoms with Gasteiger partial charge in [0.05, 0.1) is 0 Å². The molecule has 3 fully saturated rings. The van der Waals surface area contributed by atoms with Crippen LogP contribution >= 0.6 is 0 Å². The first kappa shape index (κ1) is 18.5. The van der Waals surface area contributed by atoms with Crippen LogP contribution < -0.4 is 5.32 Å². The Kier molecular flexibility index (Phi) is 4.61. The van der Waals surface area contributed by atoms with Crippen molar-refractivity contribution in [1.82, 2.24) is 5.32 Å². The van der Waals surface area contributed by atoms with Gasteiger partial charge >= 0.3 is 12.1 Å². The lowest BCUT2D eigenvalue weighted by atomic mass is 9.31. The largest absolute Gasteiger partial charge is 0.480 e. The SMILES string of the molecule is CCc1ccc(C23CC(C(NC(=O)OCc4ccccc4)C(=O)O)(C2)C3)cc1. The van der Waals surface area contributed by atoms with Gasteiger partial charge in [0, 0.05) is 5.41 Å². The molecule has 5 rings (SSSR count). The van der Waals surface area contributed by atoms with Crippen LogP contribution in [0.4, 0.5) is 4.79 Å². The summed E-state index contributed by atoms with van der Waals surface area (Å²) < 4.78 is 5.21. The second-order valence-corrected chi connectivity index (χ2v) is 8.20. The number of carbonyl (C=O) groups is 2. The molecule has 3 aliphatic carbocycles. The summed E-state index contributed by atoms with van der Waals surface area (Å²) in [5.74, 6) is -0.994. The van der Waals surface area contributed by atoms with Crippen molar-refractivity contribution in [2.75, 3.05) is 0 Å². The monoisotopic (exact) mass is 379 g/mol. The van der Waals surface area contributed by atoms with Crippen LogP contribution in [0.3, 0.4) is 0 Å². The standard InChI is InChI=1S/C23H25NO4/c1-2-16-8-10-18(11-9-16)22-13-23(14-22,15-22)19(20(25)26)24-21(27)28-12-17-6-4-3-5-7-17/h3-11,19H,2,12-15H2,1H3,(H,24,27)(H,25,26). The van der Waals surface area contributed by atoms with E-state index in [4.69, 9.17) is 4.74 Å². The Balaban J connectivity index is 1.36. The van der Waals surface area contributed by atoms with Crippen LogP contribution in [-0.2, 0) is 28.0 Å². The molecule has 146 valence electrons. The normalized spacial score (nSPS) is 25.8. The number of aryl methyl sites for hydroxylation is 1. The molecule has 1 unspecified atom stereocenters. The van der Waals surface area contributed by atoms with E-state index in [9.17, 15) is 14.7 Å². The Morgan fingerprint density at radius 1 is 1.04 bits per heavy atom. The summed E-state index contributed by atoms with van der Waals surface area (Å²) in [4.78, 5) is 24.0. The Hall–Kier alpha value is -2.82. The molecule has 5 heteroatoms. The van der Waals surface area contributed by atoms with Gasteiger partial charge in [-0.2, -0.15) is 0 Å². The van der Waals surface area contributed by atoms with E-state index in [0.717, 1.165) is 31.2 Å². The highest BCUT2D eigenvalue weighted by Gasteiger charge is 2.72. The zero-order chi connectivity index (χ0) is 19.8. The number of hydrogen-bond donors (Lipinski definition) is 2. The second kappa shape index (κ2) is 6.97. The van der Waals surface area contributed by atoms with Crippen molar-refractivity contribution in [1.29, 1.82) is 0 Å². The Morgan fingerprint density at radius 2 is 1.68 bits per heavy atom. The zero-order valence-corrected chi connectivity index (χ0v) is 16.0. The number of amides is 1. The quantitative estimate of drug-likeness (QED) is 0.761. The number of hydrogen-bond acceptors (Lipinski definition) is 3. The topological polar surface area (TPSA) is 75.6 Å². The first-order valence-electron chi connectivity index (χ1n) is 9.76. The number of rotatable bonds is 7. The zero-order valence-electron chi connectivity index (χ0n) is 16.0. The highest BCUT2D eigenvalue weighted by molar-refractivity contribution is 5.82. The minimum atomic E-state index is -0.994. The smallest absolute Gasteiger partial charge is 0.408 e. The second-order valence-electron chi connectivity index (χ2n) is 8.20. The van der Waals surface area contributed by atoms with Crippen LogP contribution in [0.25, 0.3) is 0 Å². The van der Waals surface area contributed by atoms with Crippen LogP contribution in [0, 0.1) is 5.41 Å². The molecule has 1 amide bonds. The summed E-state index contributed by atoms with van der Waals surface area (Å²) in [5.41, 5.74) is 3.17. The molecule has 0 radical (unpaired) electrons. The lowest BCUT2D eigenvalue weighted by Crippen LogP contribution is -2.73. The van der Waals surface area contributed by atoms with Gasteiger partial charge in [0.15, 0.2) is 0 Å². The van der Waals surface area contributed by atoms with E-state index < -0.39 is 18.1 Å². The van der Waals surface area contributed by atoms with Crippen LogP contribution in [0.2, 0.25) is 0 Å². The average molecular weight is 379 g/mol. The molecule has 3 aliphatic rings. The van der Waals surface area contributed by atoms with E-state index in [-0.39, 0.29) is 17.4 Å². The van der Waals surface area contributed by atoms with E-state index in [1.54, 1.807) is 0 Å². The first-order valence-corrected chi connectivity index (χ1v) is 9.76. The molecule has 0 aromatic heterocycles. The number of benzene rings is 2. The molecule has 28 heavy (non-hydrogen) atoms. The number of ether oxygens (including phenoxy) is 1. The Bertz CT molecular complexity index is 855. The molecular weight excluding hydrogens is 354 g/mol. The van der Waals surface area contributed by atoms with E-state index >= 15 is 0 Å². The van der Waals surface area contributed by atoms with Crippen molar-refractivity contribution in [3.05, 3.63) is 71.3 Å². The molecule has 0 heterocycles. The van der Waals surface area contributed by atoms with Gasteiger partial charge in [-0.05, 0) is 47.8 Å². The minimum absolute atomic E-state index is 0.0790. The Morgan fingerprint density at radius 3 is 2.25 bits per heavy atom. The summed E-state index contributed by atoms with van der Waals surface area (Å²) in [6.45, 7) is 2.25. The van der Waals surface area contributed by atoms with Crippen molar-refractivity contribution in [2.45, 2.75) is 50.7 Å². The van der Waals surface area contributed by atoms with Gasteiger partial charge < -0.3 is 15.2 Å². The average Bonchev–Trinajstić information content (AvgIpc) is 2.65. The van der Waals surface area contributed by atoms with Crippen molar-refractivity contribution < 1.29 is 19.4 Å². The number of carboxylic acids is 1. The molecule has 0 spiro atoms. The van der Waals surface area contributed by atoms with E-state index in [1.165, 1.54) is 11.1 Å². The molecule has 2 aromatic rings. The third-order valence-corrected chi connectivity index (χ3v) is 6.38. The van der Waals surface area contributed by atoms with Gasteiger partial charge in [0.1, 0.15) is 12.6 Å². The molecule has 2 bridgehead atoms. The Labute approximate surface area is 164 Å². The van der Waals surface area contributed by atoms with Crippen LogP contribution in [0.1, 0.15) is 42.9 Å². The third-order valence-electron chi connectivity index (χ3n) is 6.38. The van der Waals surface area contributed by atoms with Crippen molar-refractivity contribution in [3.63, 3.8) is 0 Å². The lowest BCUT2D eigenvalue weighted by molar-refractivity contribution is -0.183. The molecule has 2 aromatic carbocycles. The summed E-state index contributed by atoms with van der Waals surface area (Å²) in [7, 11) is 0. The number of carboxylic acid groups (broad SMARTS) is 1. The number of aliphatic carboxylic acids is 1. The maximum absolute atomic E-state index is 12.2. The summed E-state index contributed by atoms with van der Waals surface area (Å²) in [6.07, 6.45) is 2.71. The van der Waals surface area contributed by atoms with Gasteiger partial charge in [0.2, 0.25) is 0 Å². The summed E-state index contributed by atoms with van der Waals surface area (Å²) >= 11 is 0. The fourth-order valence-corrected chi connectivity index (χ4v) is 4.93. The van der Waals surface area contributed by atoms with Gasteiger partial charge in [-0.3, -0.25) is 0 Å². The molecule has 5 nitrogen and oxygen atoms in total. The van der Waals surface area contributed by atoms with E-state index in [0.29, 0.717) is 0 Å². The highest BCUT2D eigenvalue weighted by atomic mass is 16.5. The van der Waals surface area contributed by atoms with Gasteiger partial charge in [-0.15, -0.1) is 0 Å². The molecule has 0 aliphatic heterocycles. The maximum Gasteiger partial charge on any atom is 0.408 e. The van der Waals surface area contributed by atoms with Crippen LogP contribution in [0.5, 0.6) is 0 Å². The van der Waals surface area contributed by atoms with E-state index in [2.05, 4.69) is 36.5 Å². The molecule has 0 saturated heterocycles. The van der Waals surface area contributed by atoms with Crippen LogP contribution in [-0.4, -0.2) is 23.2 Å². The summed E-state index contributed by atoms with van der Waals surface area (Å²) in [5, 5.41) is 12.3. The molecular formula is C23H25NO4. The third kappa shape index (κ3) is 3.15. The first-order chi connectivity index (χ1) is 13.5. The van der Waals surface area contributed by atoms with Gasteiger partial charge in [0.25, 0.3) is 0 Å². The predicted octanol–water partition coefficient (Wildman–Crippen LogP) is 4.05. The highest BCUT2D eigenvalue weighted by Crippen LogP contribution is 2.74. The van der Waals surface area contributed by atoms with Gasteiger partial charge in [-0.25, -0.2) is 9.59 Å². The minimum Gasteiger partial charge on any atom is -0.480 e. The maximum atomic E-state index is 12.2. The lowest BCUT2D eigenvalue weighted by Gasteiger charge is -2.72.